The third-order valence-corrected chi connectivity index (χ3v) is 4.33. The van der Waals surface area contributed by atoms with Gasteiger partial charge in [-0.25, -0.2) is 9.59 Å². The Morgan fingerprint density at radius 1 is 0.969 bits per heavy atom. The molecule has 0 heterocycles. The van der Waals surface area contributed by atoms with Crippen LogP contribution in [0.4, 0.5) is 9.59 Å². The Balaban J connectivity index is 2.10. The normalized spacial score (nSPS) is 15.4. The lowest BCUT2D eigenvalue weighted by Gasteiger charge is -2.23. The van der Waals surface area contributed by atoms with Gasteiger partial charge in [-0.15, -0.1) is 4.99 Å². The number of aryl methyl sites for hydroxylation is 1. The van der Waals surface area contributed by atoms with Crippen LogP contribution < -0.4 is 16.0 Å². The van der Waals surface area contributed by atoms with Crippen LogP contribution in [0.2, 0.25) is 0 Å². The van der Waals surface area contributed by atoms with Crippen LogP contribution in [-0.4, -0.2) is 40.8 Å². The number of benzene rings is 1. The molecule has 3 amide bonds. The van der Waals surface area contributed by atoms with Gasteiger partial charge in [0.05, 0.1) is 0 Å². The fourth-order valence-electron chi connectivity index (χ4n) is 2.68. The molecule has 32 heavy (non-hydrogen) atoms. The average Bonchev–Trinajstić information content (AvgIpc) is 3.38. The van der Waals surface area contributed by atoms with Crippen molar-refractivity contribution >= 4 is 24.1 Å². The molecule has 1 fully saturated rings. The van der Waals surface area contributed by atoms with Crippen molar-refractivity contribution in [3.63, 3.8) is 0 Å². The smallest absolute Gasteiger partial charge is 0.437 e. The highest BCUT2D eigenvalue weighted by molar-refractivity contribution is 6.02. The summed E-state index contributed by atoms with van der Waals surface area (Å²) >= 11 is 0. The lowest BCUT2D eigenvalue weighted by atomic mass is 10.1. The number of carbonyl (C=O) groups excluding carboxylic acids is 3. The standard InChI is InChI=1S/C23H34N4O5/c1-15-8-10-16(11-9-15)14-24-17(28)23(12-13-23)27-18(25-19(29)31-21(2,3)4)26-20(30)32-22(5,6)7/h8-11H,12-14H2,1-7H3,(H,24,28)(H2,25,26,27,29,30). The van der Waals surface area contributed by atoms with Crippen LogP contribution in [0.1, 0.15) is 65.5 Å². The van der Waals surface area contributed by atoms with Crippen LogP contribution in [0.25, 0.3) is 0 Å². The number of carbonyl (C=O) groups is 3. The van der Waals surface area contributed by atoms with E-state index in [9.17, 15) is 14.4 Å². The zero-order chi connectivity index (χ0) is 24.2. The molecule has 0 saturated heterocycles. The predicted octanol–water partition coefficient (Wildman–Crippen LogP) is 3.55. The number of guanidine groups is 1. The van der Waals surface area contributed by atoms with Gasteiger partial charge in [-0.1, -0.05) is 29.8 Å². The fourth-order valence-corrected chi connectivity index (χ4v) is 2.68. The molecule has 1 aliphatic carbocycles. The summed E-state index contributed by atoms with van der Waals surface area (Å²) in [5, 5.41) is 8.22. The van der Waals surface area contributed by atoms with Crippen molar-refractivity contribution in [2.45, 2.75) is 84.6 Å². The summed E-state index contributed by atoms with van der Waals surface area (Å²) < 4.78 is 10.4. The van der Waals surface area contributed by atoms with Gasteiger partial charge in [-0.2, -0.15) is 0 Å². The maximum atomic E-state index is 12.8. The third kappa shape index (κ3) is 8.56. The number of nitrogens with zero attached hydrogens (tertiary/aromatic N) is 1. The first-order valence-electron chi connectivity index (χ1n) is 10.6. The molecule has 1 saturated carbocycles. The topological polar surface area (TPSA) is 118 Å². The molecule has 0 bridgehead atoms. The zero-order valence-electron chi connectivity index (χ0n) is 19.9. The van der Waals surface area contributed by atoms with Crippen LogP contribution in [0.3, 0.4) is 0 Å². The van der Waals surface area contributed by atoms with Crippen molar-refractivity contribution in [1.82, 2.24) is 16.0 Å². The van der Waals surface area contributed by atoms with Crippen LogP contribution in [0.5, 0.6) is 0 Å². The Labute approximate surface area is 189 Å². The van der Waals surface area contributed by atoms with E-state index in [-0.39, 0.29) is 11.9 Å². The number of hydrogen-bond acceptors (Lipinski definition) is 5. The summed E-state index contributed by atoms with van der Waals surface area (Å²) in [4.78, 5) is 41.1. The van der Waals surface area contributed by atoms with Gasteiger partial charge in [0.2, 0.25) is 11.9 Å². The highest BCUT2D eigenvalue weighted by atomic mass is 16.6. The molecule has 9 heteroatoms. The first-order chi connectivity index (χ1) is 14.7. The van der Waals surface area contributed by atoms with E-state index >= 15 is 0 Å². The van der Waals surface area contributed by atoms with E-state index in [1.165, 1.54) is 0 Å². The summed E-state index contributed by atoms with van der Waals surface area (Å²) in [5.74, 6) is -0.447. The fraction of sp³-hybridized carbons (Fsp3) is 0.565. The summed E-state index contributed by atoms with van der Waals surface area (Å²) in [5.41, 5.74) is -0.379. The monoisotopic (exact) mass is 446 g/mol. The zero-order valence-corrected chi connectivity index (χ0v) is 19.9. The van der Waals surface area contributed by atoms with E-state index in [4.69, 9.17) is 9.47 Å². The van der Waals surface area contributed by atoms with E-state index in [0.717, 1.165) is 11.1 Å². The Kier molecular flexibility index (Phi) is 7.54. The second-order valence-corrected chi connectivity index (χ2v) is 9.94. The molecule has 0 atom stereocenters. The number of hydrogen-bond donors (Lipinski definition) is 3. The Hall–Kier alpha value is -3.10. The molecule has 1 aromatic carbocycles. The van der Waals surface area contributed by atoms with Crippen molar-refractivity contribution in [3.8, 4) is 0 Å². The second kappa shape index (κ2) is 9.58. The minimum Gasteiger partial charge on any atom is -0.444 e. The van der Waals surface area contributed by atoms with Crippen molar-refractivity contribution in [2.75, 3.05) is 0 Å². The summed E-state index contributed by atoms with van der Waals surface area (Å²) in [6.45, 7) is 12.6. The molecule has 176 valence electrons. The number of amides is 3. The van der Waals surface area contributed by atoms with Crippen LogP contribution in [0, 0.1) is 6.92 Å². The summed E-state index contributed by atoms with van der Waals surface area (Å²) in [6, 6.07) is 7.84. The van der Waals surface area contributed by atoms with Gasteiger partial charge in [-0.05, 0) is 66.9 Å². The van der Waals surface area contributed by atoms with Gasteiger partial charge in [0.15, 0.2) is 0 Å². The molecule has 1 aliphatic rings. The highest BCUT2D eigenvalue weighted by Crippen LogP contribution is 2.35. The van der Waals surface area contributed by atoms with Crippen molar-refractivity contribution in [3.05, 3.63) is 35.4 Å². The quantitative estimate of drug-likeness (QED) is 0.481. The molecule has 0 unspecified atom stereocenters. The number of alkyl carbamates (subject to hydrolysis) is 1. The van der Waals surface area contributed by atoms with Gasteiger partial charge in [0.25, 0.3) is 0 Å². The minimum atomic E-state index is -0.972. The Bertz CT molecular complexity index is 875. The first-order valence-corrected chi connectivity index (χ1v) is 10.6. The van der Waals surface area contributed by atoms with Gasteiger partial charge in [0, 0.05) is 6.54 Å². The van der Waals surface area contributed by atoms with Crippen LogP contribution >= 0.6 is 0 Å². The third-order valence-electron chi connectivity index (χ3n) is 4.33. The molecule has 2 rings (SSSR count). The second-order valence-electron chi connectivity index (χ2n) is 9.94. The molecule has 0 aromatic heterocycles. The van der Waals surface area contributed by atoms with Crippen LogP contribution in [-0.2, 0) is 20.8 Å². The van der Waals surface area contributed by atoms with Gasteiger partial charge in [0.1, 0.15) is 16.7 Å². The Morgan fingerprint density at radius 2 is 1.53 bits per heavy atom. The van der Waals surface area contributed by atoms with E-state index in [2.05, 4.69) is 20.9 Å². The van der Waals surface area contributed by atoms with E-state index < -0.39 is 28.9 Å². The van der Waals surface area contributed by atoms with Crippen molar-refractivity contribution in [1.29, 1.82) is 0 Å². The maximum Gasteiger partial charge on any atom is 0.437 e. The molecule has 0 radical (unpaired) electrons. The molecule has 1 aromatic rings. The molecule has 0 spiro atoms. The lowest BCUT2D eigenvalue weighted by Crippen LogP contribution is -2.54. The number of aliphatic imine (C=N–C) groups is 1. The van der Waals surface area contributed by atoms with Crippen molar-refractivity contribution in [2.24, 2.45) is 4.99 Å². The highest BCUT2D eigenvalue weighted by Gasteiger charge is 2.51. The van der Waals surface area contributed by atoms with Gasteiger partial charge < -0.3 is 20.1 Å². The minimum absolute atomic E-state index is 0.198. The summed E-state index contributed by atoms with van der Waals surface area (Å²) in [6.07, 6.45) is -0.651. The molecule has 0 aliphatic heterocycles. The van der Waals surface area contributed by atoms with Gasteiger partial charge in [-0.3, -0.25) is 10.1 Å². The largest absolute Gasteiger partial charge is 0.444 e. The lowest BCUT2D eigenvalue weighted by molar-refractivity contribution is -0.124. The van der Waals surface area contributed by atoms with E-state index in [0.29, 0.717) is 19.4 Å². The predicted molar refractivity (Wildman–Crippen MR) is 121 cm³/mol. The molecular formula is C23H34N4O5. The molecular weight excluding hydrogens is 412 g/mol. The Morgan fingerprint density at radius 3 is 2.03 bits per heavy atom. The molecule has 9 nitrogen and oxygen atoms in total. The maximum absolute atomic E-state index is 12.8. The summed E-state index contributed by atoms with van der Waals surface area (Å²) in [7, 11) is 0. The van der Waals surface area contributed by atoms with Crippen molar-refractivity contribution < 1.29 is 23.9 Å². The first kappa shape index (κ1) is 25.2. The number of nitrogens with one attached hydrogen (secondary N) is 3. The van der Waals surface area contributed by atoms with Gasteiger partial charge >= 0.3 is 12.2 Å². The molecule has 3 N–H and O–H groups in total. The van der Waals surface area contributed by atoms with E-state index in [1.54, 1.807) is 41.5 Å². The SMILES string of the molecule is Cc1ccc(CNC(=O)C2(N/C(=N/C(=O)OC(C)(C)C)NC(=O)OC(C)(C)C)CC2)cc1. The average molecular weight is 447 g/mol. The van der Waals surface area contributed by atoms with E-state index in [1.807, 2.05) is 31.2 Å². The number of ether oxygens (including phenoxy) is 2. The van der Waals surface area contributed by atoms with Crippen LogP contribution in [0.15, 0.2) is 29.3 Å². The number of rotatable bonds is 4.